The zero-order valence-corrected chi connectivity index (χ0v) is 17.2. The first-order chi connectivity index (χ1) is 11.6. The number of ether oxygens (including phenoxy) is 1. The Bertz CT molecular complexity index is 595. The molecule has 0 aliphatic heterocycles. The summed E-state index contributed by atoms with van der Waals surface area (Å²) >= 11 is 2.20. The number of hydrogen-bond acceptors (Lipinski definition) is 4. The van der Waals surface area contributed by atoms with Gasteiger partial charge in [0.2, 0.25) is 0 Å². The number of carboxylic acid groups (broad SMARTS) is 1. The van der Waals surface area contributed by atoms with Crippen molar-refractivity contribution in [2.45, 2.75) is 45.4 Å². The van der Waals surface area contributed by atoms with Gasteiger partial charge in [-0.25, -0.2) is 0 Å². The molecule has 0 saturated heterocycles. The van der Waals surface area contributed by atoms with Crippen LogP contribution in [0.4, 0.5) is 0 Å². The number of carbonyl (C=O) groups is 2. The molecule has 0 fully saturated rings. The molecule has 25 heavy (non-hydrogen) atoms. The van der Waals surface area contributed by atoms with E-state index in [-0.39, 0.29) is 6.42 Å². The van der Waals surface area contributed by atoms with Crippen molar-refractivity contribution in [2.75, 3.05) is 11.0 Å². The molecule has 1 rings (SSSR count). The molecule has 0 aromatic heterocycles. The Hall–Kier alpha value is -1.41. The highest BCUT2D eigenvalue weighted by atomic mass is 127. The molecule has 138 valence electrons. The molecule has 1 aromatic rings. The van der Waals surface area contributed by atoms with Crippen molar-refractivity contribution in [1.82, 2.24) is 4.90 Å². The lowest BCUT2D eigenvalue weighted by Crippen LogP contribution is -2.44. The molecular formula is C19H26INO4. The van der Waals surface area contributed by atoms with Crippen LogP contribution in [0.15, 0.2) is 42.5 Å². The van der Waals surface area contributed by atoms with Crippen molar-refractivity contribution in [3.63, 3.8) is 0 Å². The molecule has 0 heterocycles. The van der Waals surface area contributed by atoms with Crippen LogP contribution in [0.3, 0.4) is 0 Å². The summed E-state index contributed by atoms with van der Waals surface area (Å²) in [4.78, 5) is 25.7. The van der Waals surface area contributed by atoms with Crippen LogP contribution in [0.25, 0.3) is 0 Å². The van der Waals surface area contributed by atoms with Gasteiger partial charge < -0.3 is 9.84 Å². The number of carboxylic acids is 1. The van der Waals surface area contributed by atoms with E-state index in [1.807, 2.05) is 30.3 Å². The minimum atomic E-state index is -1.04. The van der Waals surface area contributed by atoms with E-state index in [2.05, 4.69) is 29.2 Å². The standard InChI is InChI=1S/C19H26INO4/c1-14(11-20)12-21(13-15-8-6-5-7-9-15)16(18(23)24)10-17(22)25-19(2,3)4/h5-9,16H,1,10-13H2,2-4H3,(H,23,24)/t16-/m0/s1. The van der Waals surface area contributed by atoms with Crippen molar-refractivity contribution >= 4 is 34.5 Å². The second-order valence-electron chi connectivity index (χ2n) is 6.92. The molecular weight excluding hydrogens is 433 g/mol. The van der Waals surface area contributed by atoms with E-state index in [4.69, 9.17) is 4.74 Å². The predicted octanol–water partition coefficient (Wildman–Crippen LogP) is 3.66. The van der Waals surface area contributed by atoms with Crippen LogP contribution < -0.4 is 0 Å². The number of nitrogens with zero attached hydrogens (tertiary/aromatic N) is 1. The Balaban J connectivity index is 2.97. The number of hydrogen-bond donors (Lipinski definition) is 1. The van der Waals surface area contributed by atoms with Crippen molar-refractivity contribution < 1.29 is 19.4 Å². The van der Waals surface area contributed by atoms with Gasteiger partial charge in [-0.05, 0) is 26.3 Å². The minimum Gasteiger partial charge on any atom is -0.480 e. The number of rotatable bonds is 9. The summed E-state index contributed by atoms with van der Waals surface area (Å²) in [7, 11) is 0. The minimum absolute atomic E-state index is 0.200. The molecule has 1 N–H and O–H groups in total. The lowest BCUT2D eigenvalue weighted by molar-refractivity contribution is -0.160. The number of benzene rings is 1. The first-order valence-electron chi connectivity index (χ1n) is 8.07. The summed E-state index contributed by atoms with van der Waals surface area (Å²) in [5.74, 6) is -1.55. The van der Waals surface area contributed by atoms with Gasteiger partial charge in [0.1, 0.15) is 11.6 Å². The highest BCUT2D eigenvalue weighted by Gasteiger charge is 2.30. The monoisotopic (exact) mass is 459 g/mol. The van der Waals surface area contributed by atoms with E-state index >= 15 is 0 Å². The zero-order valence-electron chi connectivity index (χ0n) is 15.0. The van der Waals surface area contributed by atoms with Crippen LogP contribution in [0.2, 0.25) is 0 Å². The van der Waals surface area contributed by atoms with Gasteiger partial charge in [-0.1, -0.05) is 65.1 Å². The molecule has 0 unspecified atom stereocenters. The number of alkyl halides is 1. The maximum absolute atomic E-state index is 12.1. The molecule has 1 atom stereocenters. The van der Waals surface area contributed by atoms with Crippen LogP contribution >= 0.6 is 22.6 Å². The quantitative estimate of drug-likeness (QED) is 0.264. The number of esters is 1. The van der Waals surface area contributed by atoms with Crippen LogP contribution in [-0.4, -0.2) is 44.6 Å². The SMILES string of the molecule is C=C(CI)CN(Cc1ccccc1)[C@@H](CC(=O)OC(C)(C)C)C(=O)O. The summed E-state index contributed by atoms with van der Waals surface area (Å²) in [5.41, 5.74) is 1.25. The smallest absolute Gasteiger partial charge is 0.321 e. The third-order valence-corrected chi connectivity index (χ3v) is 4.43. The maximum Gasteiger partial charge on any atom is 0.321 e. The van der Waals surface area contributed by atoms with Gasteiger partial charge in [-0.15, -0.1) is 0 Å². The molecule has 0 aliphatic carbocycles. The van der Waals surface area contributed by atoms with Gasteiger partial charge in [-0.3, -0.25) is 14.5 Å². The van der Waals surface area contributed by atoms with Crippen LogP contribution in [0.5, 0.6) is 0 Å². The van der Waals surface area contributed by atoms with Gasteiger partial charge >= 0.3 is 11.9 Å². The normalized spacial score (nSPS) is 12.7. The summed E-state index contributed by atoms with van der Waals surface area (Å²) in [6, 6.07) is 8.63. The number of halogens is 1. The van der Waals surface area contributed by atoms with E-state index in [1.54, 1.807) is 25.7 Å². The predicted molar refractivity (Wildman–Crippen MR) is 107 cm³/mol. The average molecular weight is 459 g/mol. The second kappa shape index (κ2) is 9.91. The Morgan fingerprint density at radius 3 is 2.36 bits per heavy atom. The molecule has 5 nitrogen and oxygen atoms in total. The number of aliphatic carboxylic acids is 1. The highest BCUT2D eigenvalue weighted by Crippen LogP contribution is 2.17. The Labute approximate surface area is 163 Å². The molecule has 0 radical (unpaired) electrons. The Kier molecular flexibility index (Phi) is 8.58. The molecule has 0 amide bonds. The van der Waals surface area contributed by atoms with Crippen molar-refractivity contribution in [1.29, 1.82) is 0 Å². The number of carbonyl (C=O) groups excluding carboxylic acids is 1. The third kappa shape index (κ3) is 8.49. The lowest BCUT2D eigenvalue weighted by atomic mass is 10.1. The molecule has 0 spiro atoms. The van der Waals surface area contributed by atoms with Gasteiger partial charge in [0.25, 0.3) is 0 Å². The second-order valence-corrected chi connectivity index (χ2v) is 7.68. The fraction of sp³-hybridized carbons (Fsp3) is 0.474. The molecule has 0 bridgehead atoms. The zero-order chi connectivity index (χ0) is 19.0. The van der Waals surface area contributed by atoms with E-state index in [9.17, 15) is 14.7 Å². The van der Waals surface area contributed by atoms with E-state index < -0.39 is 23.6 Å². The fourth-order valence-electron chi connectivity index (χ4n) is 2.34. The van der Waals surface area contributed by atoms with E-state index in [0.29, 0.717) is 13.1 Å². The van der Waals surface area contributed by atoms with Crippen molar-refractivity contribution in [2.24, 2.45) is 0 Å². The average Bonchev–Trinajstić information content (AvgIpc) is 2.51. The van der Waals surface area contributed by atoms with Gasteiger partial charge in [0, 0.05) is 17.5 Å². The highest BCUT2D eigenvalue weighted by molar-refractivity contribution is 14.1. The summed E-state index contributed by atoms with van der Waals surface area (Å²) in [6.07, 6.45) is -0.200. The lowest BCUT2D eigenvalue weighted by Gasteiger charge is -2.30. The molecule has 0 aliphatic rings. The maximum atomic E-state index is 12.1. The first-order valence-corrected chi connectivity index (χ1v) is 9.60. The van der Waals surface area contributed by atoms with Crippen LogP contribution in [0, 0.1) is 0 Å². The van der Waals surface area contributed by atoms with Crippen molar-refractivity contribution in [3.8, 4) is 0 Å². The first kappa shape index (κ1) is 21.6. The largest absolute Gasteiger partial charge is 0.480 e. The fourth-order valence-corrected chi connectivity index (χ4v) is 2.58. The van der Waals surface area contributed by atoms with Crippen LogP contribution in [-0.2, 0) is 20.9 Å². The molecule has 6 heteroatoms. The summed E-state index contributed by atoms with van der Waals surface area (Å²) in [5, 5.41) is 9.67. The third-order valence-electron chi connectivity index (χ3n) is 3.35. The molecule has 1 aromatic carbocycles. The van der Waals surface area contributed by atoms with E-state index in [0.717, 1.165) is 15.6 Å². The van der Waals surface area contributed by atoms with Crippen molar-refractivity contribution in [3.05, 3.63) is 48.0 Å². The molecule has 0 saturated carbocycles. The van der Waals surface area contributed by atoms with E-state index in [1.165, 1.54) is 0 Å². The topological polar surface area (TPSA) is 66.8 Å². The van der Waals surface area contributed by atoms with Crippen LogP contribution in [0.1, 0.15) is 32.8 Å². The van der Waals surface area contributed by atoms with Gasteiger partial charge in [0.05, 0.1) is 6.42 Å². The van der Waals surface area contributed by atoms with Gasteiger partial charge in [-0.2, -0.15) is 0 Å². The summed E-state index contributed by atoms with van der Waals surface area (Å²) in [6.45, 7) is 10.1. The Morgan fingerprint density at radius 1 is 1.28 bits per heavy atom. The summed E-state index contributed by atoms with van der Waals surface area (Å²) < 4.78 is 6.02. The Morgan fingerprint density at radius 2 is 1.88 bits per heavy atom. The van der Waals surface area contributed by atoms with Gasteiger partial charge in [0.15, 0.2) is 0 Å².